The van der Waals surface area contributed by atoms with Gasteiger partial charge in [0.05, 0.1) is 42.1 Å². The zero-order chi connectivity index (χ0) is 15.8. The molecule has 0 aliphatic carbocycles. The summed E-state index contributed by atoms with van der Waals surface area (Å²) in [5.74, 6) is 0. The maximum Gasteiger partial charge on any atom is 0.280 e. The van der Waals surface area contributed by atoms with Gasteiger partial charge in [0.2, 0.25) is 0 Å². The van der Waals surface area contributed by atoms with Crippen LogP contribution in [0.15, 0.2) is 25.3 Å². The van der Waals surface area contributed by atoms with Crippen molar-refractivity contribution in [3.63, 3.8) is 0 Å². The Bertz CT molecular complexity index is 350. The highest BCUT2D eigenvalue weighted by Crippen LogP contribution is 2.24. The average Bonchev–Trinajstić information content (AvgIpc) is 2.36. The summed E-state index contributed by atoms with van der Waals surface area (Å²) in [7, 11) is 4.06. The molecule has 0 fully saturated rings. The third-order valence-electron chi connectivity index (χ3n) is 2.79. The van der Waals surface area contributed by atoms with Gasteiger partial charge in [0.1, 0.15) is 12.3 Å². The number of likely N-dealkylation sites (N-methyl/N-ethyl adjacent to an activating group) is 1. The van der Waals surface area contributed by atoms with Crippen molar-refractivity contribution >= 4 is 13.3 Å². The van der Waals surface area contributed by atoms with Gasteiger partial charge in [0, 0.05) is 6.42 Å². The molecule has 116 valence electrons. The van der Waals surface area contributed by atoms with Crippen LogP contribution in [-0.2, 0) is 4.74 Å². The monoisotopic (exact) mass is 304 g/mol. The van der Waals surface area contributed by atoms with Gasteiger partial charge >= 0.3 is 0 Å². The Hall–Kier alpha value is -0.550. The molecule has 0 rings (SSSR count). The van der Waals surface area contributed by atoms with E-state index >= 15 is 0 Å². The summed E-state index contributed by atoms with van der Waals surface area (Å²) in [6, 6.07) is -0.123. The van der Waals surface area contributed by atoms with Crippen molar-refractivity contribution in [2.24, 2.45) is 0 Å². The van der Waals surface area contributed by atoms with E-state index in [1.165, 1.54) is 0 Å². The lowest BCUT2D eigenvalue weighted by molar-refractivity contribution is -0.885. The van der Waals surface area contributed by atoms with Gasteiger partial charge in [-0.3, -0.25) is 0 Å². The van der Waals surface area contributed by atoms with Crippen LogP contribution in [-0.4, -0.2) is 72.8 Å². The summed E-state index contributed by atoms with van der Waals surface area (Å²) in [5.41, 5.74) is 0.444. The van der Waals surface area contributed by atoms with Crippen LogP contribution in [0.1, 0.15) is 6.42 Å². The standard InChI is InChI=1S/C14H27NO4P/c1-6-8-13(15(3,4)5)14(19-9-7-2)20(18)11-12(17)10-16/h6-7,12-13,16-17H,1-2,8-11H2,3-5H3/q+1. The first-order valence-electron chi connectivity index (χ1n) is 6.54. The van der Waals surface area contributed by atoms with Crippen LogP contribution in [0.3, 0.4) is 0 Å². The molecule has 0 saturated heterocycles. The van der Waals surface area contributed by atoms with Crippen molar-refractivity contribution < 1.29 is 24.3 Å². The first-order valence-corrected chi connectivity index (χ1v) is 7.98. The van der Waals surface area contributed by atoms with E-state index in [9.17, 15) is 10.00 Å². The predicted molar refractivity (Wildman–Crippen MR) is 82.7 cm³/mol. The highest BCUT2D eigenvalue weighted by Gasteiger charge is 2.34. The van der Waals surface area contributed by atoms with Crippen LogP contribution in [0.5, 0.6) is 0 Å². The zero-order valence-electron chi connectivity index (χ0n) is 12.7. The molecule has 0 aromatic carbocycles. The molecule has 0 aromatic heterocycles. The normalized spacial score (nSPS) is 16.3. The summed E-state index contributed by atoms with van der Waals surface area (Å²) in [6.45, 7) is 7.17. The minimum absolute atomic E-state index is 0.00798. The van der Waals surface area contributed by atoms with Crippen molar-refractivity contribution in [1.29, 1.82) is 0 Å². The molecule has 0 saturated carbocycles. The van der Waals surface area contributed by atoms with Gasteiger partial charge in [-0.15, -0.1) is 13.2 Å². The smallest absolute Gasteiger partial charge is 0.280 e. The van der Waals surface area contributed by atoms with Gasteiger partial charge in [0.25, 0.3) is 5.48 Å². The van der Waals surface area contributed by atoms with Crippen LogP contribution in [0.25, 0.3) is 0 Å². The molecule has 0 amide bonds. The largest absolute Gasteiger partial charge is 0.628 e. The summed E-state index contributed by atoms with van der Waals surface area (Å²) < 4.78 is 6.13. The molecule has 0 aliphatic heterocycles. The van der Waals surface area contributed by atoms with Crippen molar-refractivity contribution in [3.8, 4) is 0 Å². The zero-order valence-corrected chi connectivity index (χ0v) is 13.6. The van der Waals surface area contributed by atoms with Crippen LogP contribution >= 0.6 is 7.77 Å². The van der Waals surface area contributed by atoms with E-state index in [0.717, 1.165) is 0 Å². The Kier molecular flexibility index (Phi) is 9.14. The topological polar surface area (TPSA) is 72.8 Å². The van der Waals surface area contributed by atoms with E-state index in [1.54, 1.807) is 12.2 Å². The van der Waals surface area contributed by atoms with Gasteiger partial charge < -0.3 is 24.3 Å². The van der Waals surface area contributed by atoms with E-state index in [0.29, 0.717) is 16.4 Å². The van der Waals surface area contributed by atoms with Crippen molar-refractivity contribution in [1.82, 2.24) is 0 Å². The molecule has 20 heavy (non-hydrogen) atoms. The second-order valence-electron chi connectivity index (χ2n) is 5.49. The van der Waals surface area contributed by atoms with Crippen molar-refractivity contribution in [2.75, 3.05) is 40.5 Å². The molecule has 3 unspecified atom stereocenters. The van der Waals surface area contributed by atoms with E-state index in [-0.39, 0.29) is 18.8 Å². The van der Waals surface area contributed by atoms with E-state index < -0.39 is 20.5 Å². The fourth-order valence-corrected chi connectivity index (χ4v) is 3.41. The van der Waals surface area contributed by atoms with Gasteiger partial charge in [-0.1, -0.05) is 12.2 Å². The molecule has 3 atom stereocenters. The molecular formula is C14H27NO4P+. The summed E-state index contributed by atoms with van der Waals surface area (Å²) >= 11 is 0. The second-order valence-corrected chi connectivity index (χ2v) is 7.05. The molecule has 0 spiro atoms. The van der Waals surface area contributed by atoms with Crippen molar-refractivity contribution in [3.05, 3.63) is 25.3 Å². The lowest BCUT2D eigenvalue weighted by Gasteiger charge is -2.33. The number of ether oxygens (including phenoxy) is 1. The van der Waals surface area contributed by atoms with E-state index in [4.69, 9.17) is 9.84 Å². The Morgan fingerprint density at radius 2 is 1.95 bits per heavy atom. The first kappa shape index (κ1) is 19.4. The molecule has 5 nitrogen and oxygen atoms in total. The van der Waals surface area contributed by atoms with Crippen LogP contribution in [0.2, 0.25) is 0 Å². The number of aliphatic hydroxyl groups is 2. The molecule has 2 N–H and O–H groups in total. The van der Waals surface area contributed by atoms with Gasteiger partial charge in [-0.05, 0) is 0 Å². The summed E-state index contributed by atoms with van der Waals surface area (Å²) in [6.07, 6.45) is 2.96. The molecule has 0 bridgehead atoms. The Labute approximate surface area is 122 Å². The lowest BCUT2D eigenvalue weighted by Crippen LogP contribution is -2.50. The van der Waals surface area contributed by atoms with Gasteiger partial charge in [-0.25, -0.2) is 0 Å². The van der Waals surface area contributed by atoms with Gasteiger partial charge in [0.15, 0.2) is 6.04 Å². The average molecular weight is 304 g/mol. The van der Waals surface area contributed by atoms with Crippen LogP contribution in [0.4, 0.5) is 0 Å². The first-order chi connectivity index (χ1) is 9.27. The Balaban J connectivity index is 5.41. The number of hydrogen-bond donors (Lipinski definition) is 2. The van der Waals surface area contributed by atoms with Crippen LogP contribution in [0, 0.1) is 0 Å². The minimum atomic E-state index is -1.89. The third-order valence-corrected chi connectivity index (χ3v) is 4.46. The number of aliphatic hydroxyl groups excluding tert-OH is 2. The summed E-state index contributed by atoms with van der Waals surface area (Å²) in [4.78, 5) is 12.4. The highest BCUT2D eigenvalue weighted by molar-refractivity contribution is 7.51. The molecular weight excluding hydrogens is 277 g/mol. The van der Waals surface area contributed by atoms with Gasteiger partial charge in [-0.2, -0.15) is 0 Å². The molecule has 6 heteroatoms. The highest BCUT2D eigenvalue weighted by atomic mass is 31.1. The fourth-order valence-electron chi connectivity index (χ4n) is 1.72. The molecule has 0 aliphatic rings. The molecule has 0 radical (unpaired) electrons. The quantitative estimate of drug-likeness (QED) is 0.341. The number of quaternary nitrogens is 1. The lowest BCUT2D eigenvalue weighted by atomic mass is 10.1. The maximum absolute atomic E-state index is 12.4. The Morgan fingerprint density at radius 3 is 2.35 bits per heavy atom. The number of nitrogens with zero attached hydrogens (tertiary/aromatic N) is 1. The number of rotatable bonds is 10. The maximum atomic E-state index is 12.4. The Morgan fingerprint density at radius 1 is 1.35 bits per heavy atom. The molecule has 0 aromatic rings. The van der Waals surface area contributed by atoms with Crippen molar-refractivity contribution in [2.45, 2.75) is 18.6 Å². The second kappa shape index (κ2) is 9.40. The van der Waals surface area contributed by atoms with E-state index in [2.05, 4.69) is 13.2 Å². The third kappa shape index (κ3) is 6.75. The predicted octanol–water partition coefficient (Wildman–Crippen LogP) is 0.0802. The van der Waals surface area contributed by atoms with Crippen LogP contribution < -0.4 is 4.89 Å². The number of hydrogen-bond acceptors (Lipinski definition) is 4. The minimum Gasteiger partial charge on any atom is -0.628 e. The summed E-state index contributed by atoms with van der Waals surface area (Å²) in [5, 5.41) is 18.3. The SMILES string of the molecule is C=CCO/C(C(CC=C)[N+](C)(C)C)=[P+](/[O-])CC(O)CO. The molecule has 0 heterocycles. The fraction of sp³-hybridized carbons (Fsp3) is 0.643. The van der Waals surface area contributed by atoms with E-state index in [1.807, 2.05) is 21.1 Å².